The first-order valence-corrected chi connectivity index (χ1v) is 4.87. The summed E-state index contributed by atoms with van der Waals surface area (Å²) in [7, 11) is 0. The molecule has 0 atom stereocenters. The Morgan fingerprint density at radius 3 is 2.50 bits per heavy atom. The summed E-state index contributed by atoms with van der Waals surface area (Å²) < 4.78 is 25.4. The number of halogens is 2. The summed E-state index contributed by atoms with van der Waals surface area (Å²) in [5.41, 5.74) is 0.197. The third-order valence-corrected chi connectivity index (χ3v) is 2.40. The summed E-state index contributed by atoms with van der Waals surface area (Å²) in [6.45, 7) is 3.00. The van der Waals surface area contributed by atoms with E-state index in [2.05, 4.69) is 0 Å². The van der Waals surface area contributed by atoms with Crippen molar-refractivity contribution < 1.29 is 13.6 Å². The zero-order valence-electron chi connectivity index (χ0n) is 9.05. The fourth-order valence-electron chi connectivity index (χ4n) is 1.65. The Morgan fingerprint density at radius 1 is 1.50 bits per heavy atom. The number of nitrogens with zero attached hydrogens (tertiary/aromatic N) is 1. The molecule has 0 bridgehead atoms. The first kappa shape index (κ1) is 12.3. The van der Waals surface area contributed by atoms with Crippen LogP contribution in [0.4, 0.5) is 8.78 Å². The number of hydrogen-bond acceptors (Lipinski definition) is 2. The Kier molecular flexibility index (Phi) is 3.73. The van der Waals surface area contributed by atoms with Crippen molar-refractivity contribution >= 4 is 5.78 Å². The van der Waals surface area contributed by atoms with E-state index in [9.17, 15) is 13.6 Å². The van der Waals surface area contributed by atoms with Crippen molar-refractivity contribution in [3.05, 3.63) is 34.4 Å². The van der Waals surface area contributed by atoms with E-state index < -0.39 is 12.2 Å². The monoisotopic (exact) mass is 223 g/mol. The Balaban J connectivity index is 3.59. The van der Waals surface area contributed by atoms with Gasteiger partial charge in [0.25, 0.3) is 6.43 Å². The maximum Gasteiger partial charge on any atom is 0.264 e. The number of Topliss-reactive ketones (excluding diaryl/α,β-unsaturated/α-hetero) is 1. The van der Waals surface area contributed by atoms with Crippen LogP contribution >= 0.6 is 0 Å². The van der Waals surface area contributed by atoms with Gasteiger partial charge >= 0.3 is 0 Å². The summed E-state index contributed by atoms with van der Waals surface area (Å²) in [6.07, 6.45) is -2.20. The second-order valence-corrected chi connectivity index (χ2v) is 3.39. The van der Waals surface area contributed by atoms with Gasteiger partial charge in [0.2, 0.25) is 0 Å². The smallest absolute Gasteiger partial charge is 0.264 e. The van der Waals surface area contributed by atoms with Crippen LogP contribution in [0.3, 0.4) is 0 Å². The molecular formula is C12H11F2NO. The first-order valence-electron chi connectivity index (χ1n) is 4.87. The third kappa shape index (κ3) is 2.08. The van der Waals surface area contributed by atoms with Crippen LogP contribution in [0.2, 0.25) is 0 Å². The fraction of sp³-hybridized carbons (Fsp3) is 0.333. The fourth-order valence-corrected chi connectivity index (χ4v) is 1.65. The van der Waals surface area contributed by atoms with Crippen molar-refractivity contribution in [3.8, 4) is 6.07 Å². The van der Waals surface area contributed by atoms with Gasteiger partial charge in [0.15, 0.2) is 5.78 Å². The zero-order chi connectivity index (χ0) is 12.3. The van der Waals surface area contributed by atoms with E-state index in [-0.39, 0.29) is 16.7 Å². The summed E-state index contributed by atoms with van der Waals surface area (Å²) in [6, 6.07) is 4.54. The van der Waals surface area contributed by atoms with Gasteiger partial charge in [-0.1, -0.05) is 19.1 Å². The van der Waals surface area contributed by atoms with Crippen LogP contribution in [0.15, 0.2) is 12.1 Å². The van der Waals surface area contributed by atoms with Gasteiger partial charge in [-0.2, -0.15) is 5.26 Å². The van der Waals surface area contributed by atoms with Crippen molar-refractivity contribution in [3.63, 3.8) is 0 Å². The topological polar surface area (TPSA) is 40.9 Å². The van der Waals surface area contributed by atoms with Crippen LogP contribution in [-0.4, -0.2) is 5.78 Å². The Bertz CT molecular complexity index is 461. The number of carbonyl (C=O) groups is 1. The lowest BCUT2D eigenvalue weighted by atomic mass is 9.93. The standard InChI is InChI=1S/C12H11F2NO/c1-3-8-4-5-9(12(13)14)11(7(2)16)10(8)6-15/h4-5,12H,3H2,1-2H3. The molecule has 0 aromatic heterocycles. The van der Waals surface area contributed by atoms with Gasteiger partial charge in [-0.3, -0.25) is 4.79 Å². The molecule has 1 aromatic rings. The highest BCUT2D eigenvalue weighted by Crippen LogP contribution is 2.28. The molecule has 0 aliphatic rings. The number of hydrogen-bond donors (Lipinski definition) is 0. The van der Waals surface area contributed by atoms with E-state index in [0.717, 1.165) is 0 Å². The normalized spacial score (nSPS) is 10.2. The molecule has 84 valence electrons. The second kappa shape index (κ2) is 4.84. The second-order valence-electron chi connectivity index (χ2n) is 3.39. The average Bonchev–Trinajstić information content (AvgIpc) is 2.26. The molecule has 0 fully saturated rings. The minimum absolute atomic E-state index is 0.0767. The molecular weight excluding hydrogens is 212 g/mol. The molecule has 0 spiro atoms. The van der Waals surface area contributed by atoms with Crippen LogP contribution in [0, 0.1) is 11.3 Å². The molecule has 0 unspecified atom stereocenters. The first-order chi connectivity index (χ1) is 7.52. The molecule has 16 heavy (non-hydrogen) atoms. The number of alkyl halides is 2. The molecule has 4 heteroatoms. The molecule has 2 nitrogen and oxygen atoms in total. The minimum atomic E-state index is -2.74. The predicted octanol–water partition coefficient (Wildman–Crippen LogP) is 3.26. The van der Waals surface area contributed by atoms with Gasteiger partial charge < -0.3 is 0 Å². The lowest BCUT2D eigenvalue weighted by molar-refractivity contribution is 0.0998. The van der Waals surface area contributed by atoms with Crippen LogP contribution in [0.25, 0.3) is 0 Å². The molecule has 0 aliphatic heterocycles. The molecule has 0 amide bonds. The molecule has 0 saturated heterocycles. The largest absolute Gasteiger partial charge is 0.294 e. The van der Waals surface area contributed by atoms with E-state index in [1.54, 1.807) is 0 Å². The van der Waals surface area contributed by atoms with Crippen LogP contribution < -0.4 is 0 Å². The molecule has 0 N–H and O–H groups in total. The van der Waals surface area contributed by atoms with E-state index in [1.807, 2.05) is 13.0 Å². The third-order valence-electron chi connectivity index (χ3n) is 2.40. The lowest BCUT2D eigenvalue weighted by Gasteiger charge is -2.11. The van der Waals surface area contributed by atoms with Gasteiger partial charge in [-0.25, -0.2) is 8.78 Å². The maximum atomic E-state index is 12.7. The summed E-state index contributed by atoms with van der Waals surface area (Å²) in [5, 5.41) is 8.94. The van der Waals surface area contributed by atoms with Crippen LogP contribution in [-0.2, 0) is 6.42 Å². The molecule has 0 radical (unpaired) electrons. The number of aryl methyl sites for hydroxylation is 1. The van der Waals surface area contributed by atoms with Crippen molar-refractivity contribution in [1.82, 2.24) is 0 Å². The molecule has 0 saturated carbocycles. The Hall–Kier alpha value is -1.76. The Labute approximate surface area is 92.5 Å². The van der Waals surface area contributed by atoms with Gasteiger partial charge in [-0.15, -0.1) is 0 Å². The van der Waals surface area contributed by atoms with Gasteiger partial charge in [-0.05, 0) is 18.9 Å². The van der Waals surface area contributed by atoms with Crippen LogP contribution in [0.1, 0.15) is 47.3 Å². The van der Waals surface area contributed by atoms with Crippen molar-refractivity contribution in [2.24, 2.45) is 0 Å². The van der Waals surface area contributed by atoms with Gasteiger partial charge in [0.05, 0.1) is 5.56 Å². The Morgan fingerprint density at radius 2 is 2.12 bits per heavy atom. The minimum Gasteiger partial charge on any atom is -0.294 e. The zero-order valence-corrected chi connectivity index (χ0v) is 9.05. The van der Waals surface area contributed by atoms with Crippen LogP contribution in [0.5, 0.6) is 0 Å². The van der Waals surface area contributed by atoms with E-state index in [0.29, 0.717) is 12.0 Å². The highest BCUT2D eigenvalue weighted by Gasteiger charge is 2.21. The van der Waals surface area contributed by atoms with E-state index >= 15 is 0 Å². The number of carbonyl (C=O) groups excluding carboxylic acids is 1. The summed E-state index contributed by atoms with van der Waals surface area (Å²) in [5.74, 6) is -0.498. The SMILES string of the molecule is CCc1ccc(C(F)F)c(C(C)=O)c1C#N. The molecule has 0 heterocycles. The predicted molar refractivity (Wildman–Crippen MR) is 55.5 cm³/mol. The average molecular weight is 223 g/mol. The lowest BCUT2D eigenvalue weighted by Crippen LogP contribution is -2.06. The summed E-state index contributed by atoms with van der Waals surface area (Å²) >= 11 is 0. The van der Waals surface area contributed by atoms with E-state index in [4.69, 9.17) is 5.26 Å². The van der Waals surface area contributed by atoms with Crippen molar-refractivity contribution in [2.75, 3.05) is 0 Å². The number of benzene rings is 1. The van der Waals surface area contributed by atoms with Gasteiger partial charge in [0.1, 0.15) is 6.07 Å². The summed E-state index contributed by atoms with van der Waals surface area (Å²) in [4.78, 5) is 11.3. The highest BCUT2D eigenvalue weighted by atomic mass is 19.3. The maximum absolute atomic E-state index is 12.7. The van der Waals surface area contributed by atoms with Crippen molar-refractivity contribution in [2.45, 2.75) is 26.7 Å². The van der Waals surface area contributed by atoms with Gasteiger partial charge in [0, 0.05) is 11.1 Å². The van der Waals surface area contributed by atoms with E-state index in [1.165, 1.54) is 19.1 Å². The molecule has 0 aliphatic carbocycles. The number of rotatable bonds is 3. The number of ketones is 1. The highest BCUT2D eigenvalue weighted by molar-refractivity contribution is 5.98. The molecule has 1 rings (SSSR count). The van der Waals surface area contributed by atoms with Crippen molar-refractivity contribution in [1.29, 1.82) is 5.26 Å². The quantitative estimate of drug-likeness (QED) is 0.738. The molecule has 1 aromatic carbocycles. The number of nitriles is 1.